The average Bonchev–Trinajstić information content (AvgIpc) is 2.46. The minimum atomic E-state index is -0.00323. The van der Waals surface area contributed by atoms with Gasteiger partial charge in [-0.25, -0.2) is 0 Å². The lowest BCUT2D eigenvalue weighted by atomic mass is 10.0. The first kappa shape index (κ1) is 13.1. The molecule has 1 heterocycles. The largest absolute Gasteiger partial charge is 0.348 e. The summed E-state index contributed by atoms with van der Waals surface area (Å²) in [6.07, 6.45) is 4.20. The highest BCUT2D eigenvalue weighted by atomic mass is 16.2. The fourth-order valence-electron chi connectivity index (χ4n) is 2.45. The lowest BCUT2D eigenvalue weighted by Crippen LogP contribution is -2.47. The van der Waals surface area contributed by atoms with Gasteiger partial charge < -0.3 is 10.6 Å². The highest BCUT2D eigenvalue weighted by Crippen LogP contribution is 2.17. The van der Waals surface area contributed by atoms with Crippen molar-refractivity contribution in [1.29, 1.82) is 0 Å². The Hall–Kier alpha value is -1.35. The molecule has 2 atom stereocenters. The fourth-order valence-corrected chi connectivity index (χ4v) is 2.45. The van der Waals surface area contributed by atoms with Gasteiger partial charge in [0.15, 0.2) is 0 Å². The normalized spacial score (nSPS) is 21.3. The maximum atomic E-state index is 12.2. The van der Waals surface area contributed by atoms with E-state index in [9.17, 15) is 4.79 Å². The molecular formula is C15H22N2O. The molecule has 1 amide bonds. The van der Waals surface area contributed by atoms with Gasteiger partial charge in [0, 0.05) is 0 Å². The molecule has 2 N–H and O–H groups in total. The van der Waals surface area contributed by atoms with Gasteiger partial charge in [-0.3, -0.25) is 4.79 Å². The smallest absolute Gasteiger partial charge is 0.237 e. The van der Waals surface area contributed by atoms with E-state index in [0.29, 0.717) is 0 Å². The van der Waals surface area contributed by atoms with E-state index in [2.05, 4.69) is 29.7 Å². The molecule has 3 nitrogen and oxygen atoms in total. The van der Waals surface area contributed by atoms with E-state index in [1.807, 2.05) is 18.2 Å². The van der Waals surface area contributed by atoms with E-state index < -0.39 is 0 Å². The van der Waals surface area contributed by atoms with Gasteiger partial charge in [-0.15, -0.1) is 0 Å². The quantitative estimate of drug-likeness (QED) is 0.856. The Bertz CT molecular complexity index is 371. The summed E-state index contributed by atoms with van der Waals surface area (Å²) in [5.41, 5.74) is 1.18. The van der Waals surface area contributed by atoms with E-state index in [-0.39, 0.29) is 18.0 Å². The molecule has 1 fully saturated rings. The molecule has 18 heavy (non-hydrogen) atoms. The van der Waals surface area contributed by atoms with Crippen LogP contribution in [0.3, 0.4) is 0 Å². The summed E-state index contributed by atoms with van der Waals surface area (Å²) in [7, 11) is 0. The molecule has 2 rings (SSSR count). The molecule has 1 saturated heterocycles. The molecule has 98 valence electrons. The molecule has 0 saturated carbocycles. The fraction of sp³-hybridized carbons (Fsp3) is 0.533. The van der Waals surface area contributed by atoms with Crippen molar-refractivity contribution < 1.29 is 4.79 Å². The van der Waals surface area contributed by atoms with Crippen molar-refractivity contribution in [2.45, 2.75) is 44.7 Å². The van der Waals surface area contributed by atoms with E-state index in [1.165, 1.54) is 12.0 Å². The topological polar surface area (TPSA) is 41.1 Å². The molecule has 0 aromatic heterocycles. The molecular weight excluding hydrogens is 224 g/mol. The van der Waals surface area contributed by atoms with Gasteiger partial charge >= 0.3 is 0 Å². The second-order valence-electron chi connectivity index (χ2n) is 4.88. The number of hydrogen-bond acceptors (Lipinski definition) is 2. The standard InChI is InChI=1S/C15H22N2O/c1-2-13(12-8-4-3-5-9-12)17-15(18)14-10-6-7-11-16-14/h3-5,8-9,13-14,16H,2,6-7,10-11H2,1H3,(H,17,18)/t13?,14-/m0/s1. The molecule has 1 unspecified atom stereocenters. The third-order valence-electron chi connectivity index (χ3n) is 3.55. The molecule has 0 radical (unpaired) electrons. The lowest BCUT2D eigenvalue weighted by Gasteiger charge is -2.25. The van der Waals surface area contributed by atoms with E-state index in [0.717, 1.165) is 25.8 Å². The number of amides is 1. The number of carbonyl (C=O) groups is 1. The van der Waals surface area contributed by atoms with Gasteiger partial charge in [-0.2, -0.15) is 0 Å². The molecule has 0 bridgehead atoms. The zero-order valence-electron chi connectivity index (χ0n) is 11.0. The Morgan fingerprint density at radius 1 is 1.39 bits per heavy atom. The van der Waals surface area contributed by atoms with Crippen LogP contribution in [-0.2, 0) is 4.79 Å². The zero-order valence-corrected chi connectivity index (χ0v) is 11.0. The van der Waals surface area contributed by atoms with Crippen LogP contribution < -0.4 is 10.6 Å². The maximum Gasteiger partial charge on any atom is 0.237 e. The number of benzene rings is 1. The van der Waals surface area contributed by atoms with Crippen LogP contribution in [0.4, 0.5) is 0 Å². The minimum Gasteiger partial charge on any atom is -0.348 e. The predicted molar refractivity (Wildman–Crippen MR) is 73.3 cm³/mol. The van der Waals surface area contributed by atoms with Gasteiger partial charge in [-0.1, -0.05) is 43.7 Å². The minimum absolute atomic E-state index is 0.00323. The third kappa shape index (κ3) is 3.33. The first-order chi connectivity index (χ1) is 8.81. The summed E-state index contributed by atoms with van der Waals surface area (Å²) in [6.45, 7) is 3.06. The van der Waals surface area contributed by atoms with Gasteiger partial charge in [-0.05, 0) is 31.4 Å². The second kappa shape index (κ2) is 6.55. The summed E-state index contributed by atoms with van der Waals surface area (Å²) in [5.74, 6) is 0.144. The van der Waals surface area contributed by atoms with E-state index in [4.69, 9.17) is 0 Å². The van der Waals surface area contributed by atoms with Crippen molar-refractivity contribution in [2.24, 2.45) is 0 Å². The number of piperidine rings is 1. The van der Waals surface area contributed by atoms with Crippen LogP contribution in [0.1, 0.15) is 44.2 Å². The van der Waals surface area contributed by atoms with Crippen LogP contribution in [0.5, 0.6) is 0 Å². The SMILES string of the molecule is CCC(NC(=O)[C@@H]1CCCCN1)c1ccccc1. The summed E-state index contributed by atoms with van der Waals surface area (Å²) in [6, 6.07) is 10.3. The van der Waals surface area contributed by atoms with Gasteiger partial charge in [0.2, 0.25) is 5.91 Å². The molecule has 1 aromatic rings. The maximum absolute atomic E-state index is 12.2. The number of hydrogen-bond donors (Lipinski definition) is 2. The van der Waals surface area contributed by atoms with Gasteiger partial charge in [0.25, 0.3) is 0 Å². The Labute approximate surface area is 109 Å². The summed E-state index contributed by atoms with van der Waals surface area (Å²) in [5, 5.41) is 6.44. The Balaban J connectivity index is 1.95. The van der Waals surface area contributed by atoms with Crippen molar-refractivity contribution in [1.82, 2.24) is 10.6 Å². The van der Waals surface area contributed by atoms with Crippen LogP contribution in [0.25, 0.3) is 0 Å². The highest BCUT2D eigenvalue weighted by molar-refractivity contribution is 5.82. The summed E-state index contributed by atoms with van der Waals surface area (Å²) >= 11 is 0. The second-order valence-corrected chi connectivity index (χ2v) is 4.88. The number of rotatable bonds is 4. The number of nitrogens with one attached hydrogen (secondary N) is 2. The molecule has 1 aliphatic heterocycles. The molecule has 1 aliphatic rings. The predicted octanol–water partition coefficient (Wildman–Crippen LogP) is 2.40. The Morgan fingerprint density at radius 2 is 2.17 bits per heavy atom. The summed E-state index contributed by atoms with van der Waals surface area (Å²) in [4.78, 5) is 12.2. The summed E-state index contributed by atoms with van der Waals surface area (Å²) < 4.78 is 0. The van der Waals surface area contributed by atoms with E-state index >= 15 is 0 Å². The lowest BCUT2D eigenvalue weighted by molar-refractivity contribution is -0.124. The number of carbonyl (C=O) groups excluding carboxylic acids is 1. The molecule has 0 aliphatic carbocycles. The van der Waals surface area contributed by atoms with Crippen molar-refractivity contribution >= 4 is 5.91 Å². The van der Waals surface area contributed by atoms with Crippen LogP contribution in [0, 0.1) is 0 Å². The molecule has 3 heteroatoms. The third-order valence-corrected chi connectivity index (χ3v) is 3.55. The van der Waals surface area contributed by atoms with E-state index in [1.54, 1.807) is 0 Å². The van der Waals surface area contributed by atoms with Crippen LogP contribution in [-0.4, -0.2) is 18.5 Å². The first-order valence-corrected chi connectivity index (χ1v) is 6.90. The molecule has 0 spiro atoms. The van der Waals surface area contributed by atoms with Crippen molar-refractivity contribution in [2.75, 3.05) is 6.54 Å². The average molecular weight is 246 g/mol. The first-order valence-electron chi connectivity index (χ1n) is 6.90. The van der Waals surface area contributed by atoms with Crippen LogP contribution >= 0.6 is 0 Å². The zero-order chi connectivity index (χ0) is 12.8. The Kier molecular flexibility index (Phi) is 4.76. The van der Waals surface area contributed by atoms with Crippen molar-refractivity contribution in [3.8, 4) is 0 Å². The molecule has 1 aromatic carbocycles. The van der Waals surface area contributed by atoms with Crippen LogP contribution in [0.2, 0.25) is 0 Å². The van der Waals surface area contributed by atoms with Crippen molar-refractivity contribution in [3.63, 3.8) is 0 Å². The monoisotopic (exact) mass is 246 g/mol. The van der Waals surface area contributed by atoms with Crippen molar-refractivity contribution in [3.05, 3.63) is 35.9 Å². The van der Waals surface area contributed by atoms with Gasteiger partial charge in [0.1, 0.15) is 0 Å². The highest BCUT2D eigenvalue weighted by Gasteiger charge is 2.22. The van der Waals surface area contributed by atoms with Gasteiger partial charge in [0.05, 0.1) is 12.1 Å². The Morgan fingerprint density at radius 3 is 2.78 bits per heavy atom. The van der Waals surface area contributed by atoms with Crippen LogP contribution in [0.15, 0.2) is 30.3 Å².